The van der Waals surface area contributed by atoms with Crippen molar-refractivity contribution in [2.24, 2.45) is 0 Å². The summed E-state index contributed by atoms with van der Waals surface area (Å²) in [6.07, 6.45) is 2.37. The molecule has 2 rings (SSSR count). The number of piperidine rings is 1. The second-order valence-electron chi connectivity index (χ2n) is 5.55. The van der Waals surface area contributed by atoms with Gasteiger partial charge in [-0.3, -0.25) is 9.69 Å². The van der Waals surface area contributed by atoms with E-state index in [2.05, 4.69) is 22.5 Å². The van der Waals surface area contributed by atoms with Gasteiger partial charge >= 0.3 is 0 Å². The van der Waals surface area contributed by atoms with Crippen molar-refractivity contribution in [2.75, 3.05) is 31.5 Å². The van der Waals surface area contributed by atoms with Crippen molar-refractivity contribution in [2.45, 2.75) is 32.7 Å². The molecule has 1 aliphatic rings. The molecular formula is C16H25N3O. The summed E-state index contributed by atoms with van der Waals surface area (Å²) in [6.45, 7) is 7.63. The number of hydrogen-bond acceptors (Lipinski definition) is 3. The van der Waals surface area contributed by atoms with E-state index in [0.717, 1.165) is 31.7 Å². The van der Waals surface area contributed by atoms with E-state index in [0.29, 0.717) is 12.6 Å². The topological polar surface area (TPSA) is 44.4 Å². The molecule has 2 N–H and O–H groups in total. The van der Waals surface area contributed by atoms with Crippen molar-refractivity contribution in [3.05, 3.63) is 29.8 Å². The number of hydrogen-bond donors (Lipinski definition) is 2. The van der Waals surface area contributed by atoms with Crippen LogP contribution in [0.3, 0.4) is 0 Å². The summed E-state index contributed by atoms with van der Waals surface area (Å²) < 4.78 is 0. The third-order valence-corrected chi connectivity index (χ3v) is 3.70. The smallest absolute Gasteiger partial charge is 0.238 e. The van der Waals surface area contributed by atoms with Gasteiger partial charge in [0.1, 0.15) is 0 Å². The van der Waals surface area contributed by atoms with Gasteiger partial charge in [0.2, 0.25) is 5.91 Å². The second-order valence-corrected chi connectivity index (χ2v) is 5.55. The lowest BCUT2D eigenvalue weighted by atomic mass is 10.1. The zero-order valence-electron chi connectivity index (χ0n) is 12.5. The van der Waals surface area contributed by atoms with Gasteiger partial charge in [-0.1, -0.05) is 24.6 Å². The fourth-order valence-corrected chi connectivity index (χ4v) is 2.69. The average molecular weight is 275 g/mol. The van der Waals surface area contributed by atoms with Crippen molar-refractivity contribution in [1.29, 1.82) is 0 Å². The fourth-order valence-electron chi connectivity index (χ4n) is 2.69. The molecule has 0 bridgehead atoms. The maximum Gasteiger partial charge on any atom is 0.238 e. The van der Waals surface area contributed by atoms with E-state index in [9.17, 15) is 4.79 Å². The fraction of sp³-hybridized carbons (Fsp3) is 0.562. The van der Waals surface area contributed by atoms with Gasteiger partial charge in [-0.2, -0.15) is 0 Å². The summed E-state index contributed by atoms with van der Waals surface area (Å²) in [5.41, 5.74) is 2.08. The summed E-state index contributed by atoms with van der Waals surface area (Å²) in [7, 11) is 0. The molecule has 0 radical (unpaired) electrons. The lowest BCUT2D eigenvalue weighted by Gasteiger charge is -2.32. The maximum absolute atomic E-state index is 12.1. The first-order valence-electron chi connectivity index (χ1n) is 7.49. The third-order valence-electron chi connectivity index (χ3n) is 3.70. The average Bonchev–Trinajstić information content (AvgIpc) is 2.42. The van der Waals surface area contributed by atoms with Crippen LogP contribution in [0.2, 0.25) is 0 Å². The molecule has 0 aliphatic carbocycles. The van der Waals surface area contributed by atoms with Crippen LogP contribution in [-0.4, -0.2) is 43.0 Å². The van der Waals surface area contributed by atoms with E-state index in [1.165, 1.54) is 12.0 Å². The van der Waals surface area contributed by atoms with Crippen molar-refractivity contribution >= 4 is 11.6 Å². The number of carbonyl (C=O) groups excluding carboxylic acids is 1. The molecule has 0 spiro atoms. The largest absolute Gasteiger partial charge is 0.325 e. The normalized spacial score (nSPS) is 19.8. The number of rotatable bonds is 5. The number of likely N-dealkylation sites (N-methyl/N-ethyl adjacent to an activating group) is 1. The van der Waals surface area contributed by atoms with Crippen LogP contribution in [0.25, 0.3) is 0 Å². The molecule has 1 amide bonds. The van der Waals surface area contributed by atoms with Gasteiger partial charge in [0.25, 0.3) is 0 Å². The summed E-state index contributed by atoms with van der Waals surface area (Å²) in [4.78, 5) is 14.3. The van der Waals surface area contributed by atoms with Crippen molar-refractivity contribution in [1.82, 2.24) is 10.2 Å². The summed E-state index contributed by atoms with van der Waals surface area (Å²) in [5.74, 6) is 0.0750. The third kappa shape index (κ3) is 4.62. The molecule has 1 aliphatic heterocycles. The second kappa shape index (κ2) is 7.41. The summed E-state index contributed by atoms with van der Waals surface area (Å²) in [5, 5.41) is 6.43. The van der Waals surface area contributed by atoms with E-state index in [-0.39, 0.29) is 5.91 Å². The Morgan fingerprint density at radius 1 is 1.35 bits per heavy atom. The molecule has 1 aromatic carbocycles. The zero-order valence-corrected chi connectivity index (χ0v) is 12.5. The highest BCUT2D eigenvalue weighted by Crippen LogP contribution is 2.11. The quantitative estimate of drug-likeness (QED) is 0.864. The number of nitrogens with one attached hydrogen (secondary N) is 2. The lowest BCUT2D eigenvalue weighted by Crippen LogP contribution is -2.47. The minimum absolute atomic E-state index is 0.0750. The Labute approximate surface area is 121 Å². The minimum Gasteiger partial charge on any atom is -0.325 e. The summed E-state index contributed by atoms with van der Waals surface area (Å²) in [6, 6.07) is 8.45. The molecule has 1 atom stereocenters. The van der Waals surface area contributed by atoms with Crippen molar-refractivity contribution < 1.29 is 4.79 Å². The van der Waals surface area contributed by atoms with Gasteiger partial charge < -0.3 is 10.6 Å². The van der Waals surface area contributed by atoms with Gasteiger partial charge in [0.05, 0.1) is 6.54 Å². The van der Waals surface area contributed by atoms with Crippen LogP contribution >= 0.6 is 0 Å². The molecule has 1 aromatic rings. The molecule has 0 saturated carbocycles. The van der Waals surface area contributed by atoms with Crippen LogP contribution in [-0.2, 0) is 4.79 Å². The molecule has 0 aromatic heterocycles. The molecule has 20 heavy (non-hydrogen) atoms. The van der Waals surface area contributed by atoms with Gasteiger partial charge in [0.15, 0.2) is 0 Å². The SMILES string of the molecule is CCNC1CCCN(CC(=O)Nc2ccc(C)cc2)C1. The first kappa shape index (κ1) is 15.0. The highest BCUT2D eigenvalue weighted by molar-refractivity contribution is 5.92. The monoisotopic (exact) mass is 275 g/mol. The van der Waals surface area contributed by atoms with Crippen LogP contribution < -0.4 is 10.6 Å². The standard InChI is InChI=1S/C16H25N3O/c1-3-17-15-5-4-10-19(11-15)12-16(20)18-14-8-6-13(2)7-9-14/h6-9,15,17H,3-5,10-12H2,1-2H3,(H,18,20). The molecule has 1 fully saturated rings. The summed E-state index contributed by atoms with van der Waals surface area (Å²) >= 11 is 0. The van der Waals surface area contributed by atoms with E-state index >= 15 is 0 Å². The van der Waals surface area contributed by atoms with Crippen molar-refractivity contribution in [3.8, 4) is 0 Å². The highest BCUT2D eigenvalue weighted by atomic mass is 16.2. The van der Waals surface area contributed by atoms with Gasteiger partial charge in [-0.05, 0) is 45.0 Å². The number of benzene rings is 1. The van der Waals surface area contributed by atoms with E-state index in [4.69, 9.17) is 0 Å². The minimum atomic E-state index is 0.0750. The number of likely N-dealkylation sites (tertiary alicyclic amines) is 1. The van der Waals surface area contributed by atoms with Crippen LogP contribution in [0.4, 0.5) is 5.69 Å². The molecule has 1 unspecified atom stereocenters. The van der Waals surface area contributed by atoms with Crippen LogP contribution in [0.5, 0.6) is 0 Å². The Kier molecular flexibility index (Phi) is 5.56. The number of nitrogens with zero attached hydrogens (tertiary/aromatic N) is 1. The maximum atomic E-state index is 12.1. The Morgan fingerprint density at radius 2 is 2.10 bits per heavy atom. The molecule has 4 heteroatoms. The van der Waals surface area contributed by atoms with Crippen molar-refractivity contribution in [3.63, 3.8) is 0 Å². The first-order chi connectivity index (χ1) is 9.67. The van der Waals surface area contributed by atoms with E-state index in [1.807, 2.05) is 31.2 Å². The Hall–Kier alpha value is -1.39. The predicted molar refractivity (Wildman–Crippen MR) is 82.9 cm³/mol. The number of anilines is 1. The Morgan fingerprint density at radius 3 is 2.80 bits per heavy atom. The number of aryl methyl sites for hydroxylation is 1. The highest BCUT2D eigenvalue weighted by Gasteiger charge is 2.20. The lowest BCUT2D eigenvalue weighted by molar-refractivity contribution is -0.117. The van der Waals surface area contributed by atoms with Gasteiger partial charge in [0, 0.05) is 18.3 Å². The molecule has 4 nitrogen and oxygen atoms in total. The molecule has 110 valence electrons. The zero-order chi connectivity index (χ0) is 14.4. The number of carbonyl (C=O) groups is 1. The van der Waals surface area contributed by atoms with Crippen LogP contribution in [0, 0.1) is 6.92 Å². The van der Waals surface area contributed by atoms with Gasteiger partial charge in [-0.15, -0.1) is 0 Å². The molecule has 1 saturated heterocycles. The van der Waals surface area contributed by atoms with Gasteiger partial charge in [-0.25, -0.2) is 0 Å². The number of amides is 1. The van der Waals surface area contributed by atoms with E-state index < -0.39 is 0 Å². The first-order valence-corrected chi connectivity index (χ1v) is 7.49. The van der Waals surface area contributed by atoms with Crippen LogP contribution in [0.15, 0.2) is 24.3 Å². The molecular weight excluding hydrogens is 250 g/mol. The van der Waals surface area contributed by atoms with Crippen LogP contribution in [0.1, 0.15) is 25.3 Å². The predicted octanol–water partition coefficient (Wildman–Crippen LogP) is 2.01. The molecule has 1 heterocycles. The Bertz CT molecular complexity index is 428. The Balaban J connectivity index is 1.80. The van der Waals surface area contributed by atoms with E-state index in [1.54, 1.807) is 0 Å².